The Kier molecular flexibility index (Phi) is 7.35. The molecule has 0 spiro atoms. The Morgan fingerprint density at radius 1 is 0.0704 bits per heavy atom. The fraction of sp³-hybridized carbons (Fsp3) is 0.0282. The first kappa shape index (κ1) is 61.3. The molecule has 0 aliphatic heterocycles. The van der Waals surface area contributed by atoms with Crippen LogP contribution in [0.25, 0.3) is 528 Å². The monoisotopic (exact) mass is 1750 g/mol. The zero-order valence-electron chi connectivity index (χ0n) is 74.6. The van der Waals surface area contributed by atoms with Crippen LogP contribution in [0.1, 0.15) is 22.3 Å². The fourth-order valence-corrected chi connectivity index (χ4v) is 40.4. The third-order valence-electron chi connectivity index (χ3n) is 43.8. The molecule has 0 saturated heterocycles. The van der Waals surface area contributed by atoms with E-state index in [1.54, 1.807) is 22.3 Å². The predicted molar refractivity (Wildman–Crippen MR) is 617 cm³/mol. The molecular formula is C142H44. The second-order valence-corrected chi connectivity index (χ2v) is 47.1. The summed E-state index contributed by atoms with van der Waals surface area (Å²) in [6, 6.07) is 95.6. The van der Waals surface area contributed by atoms with Crippen LogP contribution in [0, 0.1) is 0 Å². The maximum absolute atomic E-state index is 2.74. The molecule has 612 valence electrons. The van der Waals surface area contributed by atoms with Crippen molar-refractivity contribution in [3.63, 3.8) is 0 Å². The van der Waals surface area contributed by atoms with Crippen LogP contribution in [-0.4, -0.2) is 0 Å². The van der Waals surface area contributed by atoms with Crippen molar-refractivity contribution < 1.29 is 0 Å². The SMILES string of the molecule is c1cc2cc3c4ccc5c6ccc7c8ccc9c%10ccc%11c%12ccc%13c%14ccc%15c%16ccc%17c%18ccc%19c%20cc1c1c2c2c3c3c%21c%22ccc%23c%24ccc%25c%26c%27c%28c(c%29ccc%30c%31ccc%32c%33ccc%34c%35ccc%36c%37ccc%38c%39c%40c%41c(c%42ccc%22c%22c%42c(c5c4c%223)c%41c6c7c%40c3c%38c%37c(c9c83)c3c%36c%35c(c%11c%103)c3c%34c%33c(c%13c%123)c3c%32c%31c(c%15c%143)c3c%30c%29c(c%17c%163)c%28c%18c%19c%27c3c%25c%24c(c1c%203)c2c%23%21)CC%39)CC%26. The van der Waals surface area contributed by atoms with E-state index < -0.39 is 0 Å². The van der Waals surface area contributed by atoms with Crippen LogP contribution >= 0.6 is 0 Å². The molecule has 0 unspecified atom stereocenters. The van der Waals surface area contributed by atoms with Gasteiger partial charge in [-0.3, -0.25) is 0 Å². The van der Waals surface area contributed by atoms with Gasteiger partial charge in [-0.2, -0.15) is 0 Å². The van der Waals surface area contributed by atoms with E-state index in [4.69, 9.17) is 0 Å². The predicted octanol–water partition coefficient (Wildman–Crippen LogP) is 40.4. The third-order valence-corrected chi connectivity index (χ3v) is 43.8. The van der Waals surface area contributed by atoms with E-state index in [9.17, 15) is 0 Å². The molecule has 0 N–H and O–H groups in total. The zero-order valence-corrected chi connectivity index (χ0v) is 74.6. The highest BCUT2D eigenvalue weighted by Gasteiger charge is 2.46. The Morgan fingerprint density at radius 3 is 0.303 bits per heavy atom. The van der Waals surface area contributed by atoms with Gasteiger partial charge in [0.05, 0.1) is 0 Å². The van der Waals surface area contributed by atoms with Crippen LogP contribution < -0.4 is 0 Å². The van der Waals surface area contributed by atoms with E-state index in [0.717, 1.165) is 25.7 Å². The van der Waals surface area contributed by atoms with Crippen LogP contribution in [0.15, 0.2) is 218 Å². The fourth-order valence-electron chi connectivity index (χ4n) is 40.4. The van der Waals surface area contributed by atoms with Crippen molar-refractivity contribution in [2.24, 2.45) is 0 Å². The average molecular weight is 1750 g/mol. The van der Waals surface area contributed by atoms with Gasteiger partial charge in [0, 0.05) is 0 Å². The number of aryl methyl sites for hydroxylation is 4. The normalized spacial score (nSPS) is 15.6. The molecule has 0 amide bonds. The molecule has 142 heavy (non-hydrogen) atoms. The van der Waals surface area contributed by atoms with Gasteiger partial charge in [-0.25, -0.2) is 0 Å². The third kappa shape index (κ3) is 4.76. The Balaban J connectivity index is 0.714. The smallest absolute Gasteiger partial charge is 0.0000249 e. The molecule has 0 aromatic heterocycles. The molecule has 0 heteroatoms. The highest BCUT2D eigenvalue weighted by molar-refractivity contribution is 6.73. The summed E-state index contributed by atoms with van der Waals surface area (Å²) in [7, 11) is 0. The van der Waals surface area contributed by atoms with Crippen molar-refractivity contribution in [2.75, 3.05) is 0 Å². The second-order valence-electron chi connectivity index (χ2n) is 47.1. The van der Waals surface area contributed by atoms with E-state index in [1.165, 1.54) is 528 Å². The largest absolute Gasteiger partial charge is 0.0537 e. The van der Waals surface area contributed by atoms with Gasteiger partial charge in [0.2, 0.25) is 0 Å². The zero-order chi connectivity index (χ0) is 87.2. The lowest BCUT2D eigenvalue weighted by Crippen LogP contribution is -2.09. The summed E-state index contributed by atoms with van der Waals surface area (Å²) in [6.07, 6.45) is 3.91. The van der Waals surface area contributed by atoms with E-state index in [2.05, 4.69) is 218 Å². The molecule has 0 saturated carbocycles. The van der Waals surface area contributed by atoms with Gasteiger partial charge in [0.1, 0.15) is 0 Å². The topological polar surface area (TPSA) is 0 Å². The maximum Gasteiger partial charge on any atom is -0.0000249 e. The van der Waals surface area contributed by atoms with E-state index in [1.807, 2.05) is 0 Å². The van der Waals surface area contributed by atoms with Crippen LogP contribution in [0.3, 0.4) is 0 Å². The summed E-state index contributed by atoms with van der Waals surface area (Å²) in [4.78, 5) is 0. The standard InChI is InChI=1S/C142H44/c1-2-42-40-80-78-38-36-74-70-30-26-62-58-18-14-54-50-10-6-46-45-5-9-49-53-13-17-57-61-25-29-69-73-35-37-77-79-39-41(1)81-82(42)122-120(80)140-112-72-32-34-76-75-33-31-71-67-27-23-65-63-21-19-59-55-15-11-51-47-7-3-43-44-4-8-48-52-12-16-56-60-20-22-64-66-24-28-68(72)110-108(66)136(114(74)118(78)138(110)140)134-104(64)100(60)132(102(62)106(70)134)130-96(56)92(52)128(94(54)98(58)130)126-88(48)84(44)124(86(46)90(50)126)123-83(43)87(47)125(89(49)85(45)123)127-91(51)95(55)129(97(57)93(53)127)131-99(59)103(63)133(105(69)101(61)131)135-107(65)109(67)137(117(77)113(73)135)139-111(71)115(75)141(121(81)119(79)139)142(122)116(76)112/h1-19,21,24-26,28-40H,20,22-23,27H2. The molecule has 0 fully saturated rings. The summed E-state index contributed by atoms with van der Waals surface area (Å²) < 4.78 is 0. The molecule has 2 aliphatic rings. The Labute approximate surface area is 788 Å². The summed E-state index contributed by atoms with van der Waals surface area (Å²) in [5.74, 6) is 0. The van der Waals surface area contributed by atoms with Crippen molar-refractivity contribution >= 4 is 528 Å². The maximum atomic E-state index is 2.74. The minimum atomic E-state index is 0.976. The molecule has 0 bridgehead atoms. The van der Waals surface area contributed by atoms with Gasteiger partial charge in [0.15, 0.2) is 0 Å². The summed E-state index contributed by atoms with van der Waals surface area (Å²) >= 11 is 0. The van der Waals surface area contributed by atoms with Crippen LogP contribution in [0.2, 0.25) is 0 Å². The van der Waals surface area contributed by atoms with Gasteiger partial charge in [-0.15, -0.1) is 0 Å². The Bertz CT molecular complexity index is 15200. The van der Waals surface area contributed by atoms with Crippen LogP contribution in [0.5, 0.6) is 0 Å². The minimum absolute atomic E-state index is 0.976. The van der Waals surface area contributed by atoms with Gasteiger partial charge < -0.3 is 0 Å². The lowest BCUT2D eigenvalue weighted by molar-refractivity contribution is 0.987. The summed E-state index contributed by atoms with van der Waals surface area (Å²) in [5, 5.41) is 142. The number of rotatable bonds is 0. The molecule has 2 aliphatic carbocycles. The van der Waals surface area contributed by atoms with Gasteiger partial charge in [0.25, 0.3) is 0 Å². The molecule has 49 aromatic carbocycles. The summed E-state index contributed by atoms with van der Waals surface area (Å²) in [5.41, 5.74) is 6.24. The van der Waals surface area contributed by atoms with Gasteiger partial charge in [-0.05, 0) is 588 Å². The highest BCUT2D eigenvalue weighted by Crippen LogP contribution is 2.74. The lowest BCUT2D eigenvalue weighted by Gasteiger charge is -2.35. The van der Waals surface area contributed by atoms with Crippen molar-refractivity contribution in [3.8, 4) is 0 Å². The summed E-state index contributed by atoms with van der Waals surface area (Å²) in [6.45, 7) is 0. The molecule has 51 rings (SSSR count). The molecule has 0 atom stereocenters. The second kappa shape index (κ2) is 17.0. The Morgan fingerprint density at radius 2 is 0.162 bits per heavy atom. The molecule has 0 radical (unpaired) electrons. The number of hydrogen-bond donors (Lipinski definition) is 0. The van der Waals surface area contributed by atoms with Crippen molar-refractivity contribution in [2.45, 2.75) is 25.7 Å². The quantitative estimate of drug-likeness (QED) is 0.105. The molecular weight excluding hydrogens is 1710 g/mol. The van der Waals surface area contributed by atoms with Crippen molar-refractivity contribution in [1.82, 2.24) is 0 Å². The van der Waals surface area contributed by atoms with Crippen molar-refractivity contribution in [3.05, 3.63) is 241 Å². The van der Waals surface area contributed by atoms with E-state index in [0.29, 0.717) is 0 Å². The first-order chi connectivity index (χ1) is 70.6. The lowest BCUT2D eigenvalue weighted by atomic mass is 9.67. The molecule has 0 nitrogen and oxygen atoms in total. The van der Waals surface area contributed by atoms with Gasteiger partial charge >= 0.3 is 0 Å². The number of benzene rings is 49. The molecule has 49 aromatic rings. The average Bonchev–Trinajstić information content (AvgIpc) is 0.626. The van der Waals surface area contributed by atoms with Crippen molar-refractivity contribution in [1.29, 1.82) is 0 Å². The highest BCUT2D eigenvalue weighted by atomic mass is 14.5. The van der Waals surface area contributed by atoms with Crippen LogP contribution in [0.4, 0.5) is 0 Å². The van der Waals surface area contributed by atoms with E-state index >= 15 is 0 Å². The Hall–Kier alpha value is -17.9. The first-order valence-electron chi connectivity index (χ1n) is 52.1. The number of fused-ring (bicyclic) bond motifs is 19. The van der Waals surface area contributed by atoms with Crippen LogP contribution in [-0.2, 0) is 25.7 Å². The first-order valence-corrected chi connectivity index (χ1v) is 52.1. The minimum Gasteiger partial charge on any atom is -0.0537 e. The number of hydrogen-bond acceptors (Lipinski definition) is 0. The van der Waals surface area contributed by atoms with Gasteiger partial charge in [-0.1, -0.05) is 206 Å². The van der Waals surface area contributed by atoms with E-state index in [-0.39, 0.29) is 0 Å². The molecule has 0 heterocycles.